The van der Waals surface area contributed by atoms with E-state index in [1.54, 1.807) is 5.51 Å². The van der Waals surface area contributed by atoms with E-state index >= 15 is 0 Å². The highest BCUT2D eigenvalue weighted by atomic mass is 32.1. The molecule has 0 fully saturated rings. The zero-order valence-corrected chi connectivity index (χ0v) is 11.2. The van der Waals surface area contributed by atoms with Gasteiger partial charge in [-0.05, 0) is 18.2 Å². The molecule has 0 atom stereocenters. The van der Waals surface area contributed by atoms with Crippen LogP contribution in [0.15, 0.2) is 29.1 Å². The second kappa shape index (κ2) is 6.80. The molecule has 0 radical (unpaired) electrons. The van der Waals surface area contributed by atoms with Crippen molar-refractivity contribution in [1.29, 1.82) is 0 Å². The number of nitrogens with one attached hydrogen (secondary N) is 1. The molecule has 1 amide bonds. The number of carbonyl (C=O) groups is 1. The standard InChI is InChI=1S/C14H11FN2O2S/c15-11-3-4-13(10(6-11)2-1-5-18)14(19)16-7-12-8-20-9-17-12/h3-4,6,8-9,18H,5,7H2,(H,16,19). The third kappa shape index (κ3) is 3.63. The van der Waals surface area contributed by atoms with E-state index in [-0.39, 0.29) is 23.6 Å². The topological polar surface area (TPSA) is 62.2 Å². The number of halogens is 1. The van der Waals surface area contributed by atoms with Crippen LogP contribution < -0.4 is 5.32 Å². The van der Waals surface area contributed by atoms with Crippen molar-refractivity contribution in [1.82, 2.24) is 10.3 Å². The van der Waals surface area contributed by atoms with Crippen LogP contribution in [0.25, 0.3) is 0 Å². The monoisotopic (exact) mass is 290 g/mol. The SMILES string of the molecule is O=C(NCc1cscn1)c1ccc(F)cc1C#CCO. The van der Waals surface area contributed by atoms with E-state index in [1.807, 2.05) is 5.38 Å². The van der Waals surface area contributed by atoms with E-state index in [0.29, 0.717) is 6.54 Å². The minimum absolute atomic E-state index is 0.245. The van der Waals surface area contributed by atoms with Gasteiger partial charge in [-0.25, -0.2) is 9.37 Å². The Labute approximate surface area is 119 Å². The fourth-order valence-electron chi connectivity index (χ4n) is 1.54. The highest BCUT2D eigenvalue weighted by Gasteiger charge is 2.11. The Morgan fingerprint density at radius 1 is 1.50 bits per heavy atom. The number of rotatable bonds is 3. The molecule has 2 rings (SSSR count). The Hall–Kier alpha value is -2.23. The molecule has 0 saturated carbocycles. The second-order valence-electron chi connectivity index (χ2n) is 3.81. The maximum absolute atomic E-state index is 13.2. The number of amides is 1. The number of benzene rings is 1. The van der Waals surface area contributed by atoms with Gasteiger partial charge in [-0.2, -0.15) is 0 Å². The van der Waals surface area contributed by atoms with Crippen LogP contribution in [-0.4, -0.2) is 22.6 Å². The van der Waals surface area contributed by atoms with Gasteiger partial charge in [0.2, 0.25) is 0 Å². The van der Waals surface area contributed by atoms with Crippen LogP contribution in [0, 0.1) is 17.7 Å². The molecule has 2 N–H and O–H groups in total. The maximum atomic E-state index is 13.2. The molecule has 102 valence electrons. The number of nitrogens with zero attached hydrogens (tertiary/aromatic N) is 1. The van der Waals surface area contributed by atoms with E-state index < -0.39 is 5.82 Å². The van der Waals surface area contributed by atoms with E-state index in [9.17, 15) is 9.18 Å². The van der Waals surface area contributed by atoms with Gasteiger partial charge in [0.15, 0.2) is 0 Å². The average Bonchev–Trinajstić information content (AvgIpc) is 2.96. The van der Waals surface area contributed by atoms with Crippen molar-refractivity contribution in [3.63, 3.8) is 0 Å². The molecular formula is C14H11FN2O2S. The van der Waals surface area contributed by atoms with Gasteiger partial charge in [-0.1, -0.05) is 11.8 Å². The molecule has 0 spiro atoms. The lowest BCUT2D eigenvalue weighted by molar-refractivity contribution is 0.0950. The Morgan fingerprint density at radius 2 is 2.35 bits per heavy atom. The predicted molar refractivity (Wildman–Crippen MR) is 73.6 cm³/mol. The summed E-state index contributed by atoms with van der Waals surface area (Å²) in [6, 6.07) is 3.73. The smallest absolute Gasteiger partial charge is 0.252 e. The highest BCUT2D eigenvalue weighted by Crippen LogP contribution is 2.11. The van der Waals surface area contributed by atoms with Crippen LogP contribution in [0.4, 0.5) is 4.39 Å². The van der Waals surface area contributed by atoms with Crippen molar-refractivity contribution in [2.24, 2.45) is 0 Å². The summed E-state index contributed by atoms with van der Waals surface area (Å²) in [4.78, 5) is 16.1. The third-order valence-electron chi connectivity index (χ3n) is 2.44. The molecule has 0 aliphatic heterocycles. The van der Waals surface area contributed by atoms with Crippen molar-refractivity contribution < 1.29 is 14.3 Å². The van der Waals surface area contributed by atoms with Gasteiger partial charge in [0.1, 0.15) is 12.4 Å². The zero-order chi connectivity index (χ0) is 14.4. The van der Waals surface area contributed by atoms with Gasteiger partial charge in [0.05, 0.1) is 23.3 Å². The molecule has 1 aromatic carbocycles. The Bertz CT molecular complexity index is 660. The van der Waals surface area contributed by atoms with Gasteiger partial charge < -0.3 is 10.4 Å². The van der Waals surface area contributed by atoms with Crippen LogP contribution in [0.1, 0.15) is 21.6 Å². The third-order valence-corrected chi connectivity index (χ3v) is 3.08. The van der Waals surface area contributed by atoms with Crippen molar-refractivity contribution in [2.45, 2.75) is 6.54 Å². The summed E-state index contributed by atoms with van der Waals surface area (Å²) in [6.07, 6.45) is 0. The van der Waals surface area contributed by atoms with Gasteiger partial charge in [-0.3, -0.25) is 4.79 Å². The summed E-state index contributed by atoms with van der Waals surface area (Å²) in [5.74, 6) is 4.12. The molecule has 6 heteroatoms. The lowest BCUT2D eigenvalue weighted by Gasteiger charge is -2.06. The van der Waals surface area contributed by atoms with Crippen LogP contribution in [-0.2, 0) is 6.54 Å². The molecule has 0 aliphatic carbocycles. The van der Waals surface area contributed by atoms with Crippen molar-refractivity contribution in [3.8, 4) is 11.8 Å². The first-order valence-electron chi connectivity index (χ1n) is 5.75. The van der Waals surface area contributed by atoms with E-state index in [0.717, 1.165) is 5.69 Å². The second-order valence-corrected chi connectivity index (χ2v) is 4.53. The molecule has 20 heavy (non-hydrogen) atoms. The Balaban J connectivity index is 2.16. The fourth-order valence-corrected chi connectivity index (χ4v) is 2.10. The molecule has 0 unspecified atom stereocenters. The summed E-state index contributed by atoms with van der Waals surface area (Å²) in [5, 5.41) is 13.2. The molecule has 2 aromatic rings. The Morgan fingerprint density at radius 3 is 3.05 bits per heavy atom. The average molecular weight is 290 g/mol. The summed E-state index contributed by atoms with van der Waals surface area (Å²) in [7, 11) is 0. The number of hydrogen-bond donors (Lipinski definition) is 2. The number of thiazole rings is 1. The fraction of sp³-hybridized carbons (Fsp3) is 0.143. The molecule has 0 saturated heterocycles. The maximum Gasteiger partial charge on any atom is 0.252 e. The van der Waals surface area contributed by atoms with Gasteiger partial charge in [0.25, 0.3) is 5.91 Å². The van der Waals surface area contributed by atoms with E-state index in [4.69, 9.17) is 5.11 Å². The van der Waals surface area contributed by atoms with Crippen molar-refractivity contribution in [2.75, 3.05) is 6.61 Å². The largest absolute Gasteiger partial charge is 0.384 e. The highest BCUT2D eigenvalue weighted by molar-refractivity contribution is 7.07. The lowest BCUT2D eigenvalue weighted by Crippen LogP contribution is -2.23. The Kier molecular flexibility index (Phi) is 4.82. The summed E-state index contributed by atoms with van der Waals surface area (Å²) in [5.41, 5.74) is 2.95. The minimum Gasteiger partial charge on any atom is -0.384 e. The van der Waals surface area contributed by atoms with Gasteiger partial charge in [0, 0.05) is 10.9 Å². The molecule has 4 nitrogen and oxygen atoms in total. The van der Waals surface area contributed by atoms with Crippen LogP contribution >= 0.6 is 11.3 Å². The number of aliphatic hydroxyl groups excluding tert-OH is 1. The quantitative estimate of drug-likeness (QED) is 0.843. The summed E-state index contributed by atoms with van der Waals surface area (Å²) >= 11 is 1.44. The number of hydrogen-bond acceptors (Lipinski definition) is 4. The number of aromatic nitrogens is 1. The predicted octanol–water partition coefficient (Wildman–Crippen LogP) is 1.56. The van der Waals surface area contributed by atoms with E-state index in [1.165, 1.54) is 29.5 Å². The van der Waals surface area contributed by atoms with Crippen molar-refractivity contribution >= 4 is 17.2 Å². The molecular weight excluding hydrogens is 279 g/mol. The zero-order valence-electron chi connectivity index (χ0n) is 10.4. The first-order valence-corrected chi connectivity index (χ1v) is 6.69. The molecule has 0 bridgehead atoms. The first-order chi connectivity index (χ1) is 9.70. The molecule has 0 aliphatic rings. The lowest BCUT2D eigenvalue weighted by atomic mass is 10.1. The molecule has 1 heterocycles. The summed E-state index contributed by atoms with van der Waals surface area (Å²) in [6.45, 7) is -0.0526. The number of carbonyl (C=O) groups excluding carboxylic acids is 1. The minimum atomic E-state index is -0.483. The van der Waals surface area contributed by atoms with Gasteiger partial charge >= 0.3 is 0 Å². The van der Waals surface area contributed by atoms with E-state index in [2.05, 4.69) is 22.1 Å². The van der Waals surface area contributed by atoms with Crippen molar-refractivity contribution in [3.05, 3.63) is 51.7 Å². The summed E-state index contributed by atoms with van der Waals surface area (Å²) < 4.78 is 13.2. The molecule has 1 aromatic heterocycles. The van der Waals surface area contributed by atoms with Gasteiger partial charge in [-0.15, -0.1) is 11.3 Å². The van der Waals surface area contributed by atoms with Crippen LogP contribution in [0.5, 0.6) is 0 Å². The number of aliphatic hydroxyl groups is 1. The van der Waals surface area contributed by atoms with Crippen LogP contribution in [0.3, 0.4) is 0 Å². The van der Waals surface area contributed by atoms with Crippen LogP contribution in [0.2, 0.25) is 0 Å². The normalized spacial score (nSPS) is 9.70. The first kappa shape index (κ1) is 14.2.